The SMILES string of the molecule is O=C(CCl)NC1CCc2ccccc2C1O. The van der Waals surface area contributed by atoms with Crippen molar-refractivity contribution in [3.05, 3.63) is 35.4 Å². The molecule has 0 saturated heterocycles. The maximum atomic E-state index is 11.2. The van der Waals surface area contributed by atoms with Crippen LogP contribution in [0.2, 0.25) is 0 Å². The fraction of sp³-hybridized carbons (Fsp3) is 0.417. The van der Waals surface area contributed by atoms with Gasteiger partial charge in [-0.3, -0.25) is 4.79 Å². The van der Waals surface area contributed by atoms with Gasteiger partial charge in [0.2, 0.25) is 5.91 Å². The van der Waals surface area contributed by atoms with E-state index in [0.29, 0.717) is 0 Å². The molecule has 0 saturated carbocycles. The van der Waals surface area contributed by atoms with Crippen LogP contribution in [-0.4, -0.2) is 22.9 Å². The second kappa shape index (κ2) is 4.85. The van der Waals surface area contributed by atoms with E-state index in [9.17, 15) is 9.90 Å². The lowest BCUT2D eigenvalue weighted by molar-refractivity contribution is -0.120. The van der Waals surface area contributed by atoms with E-state index in [4.69, 9.17) is 11.6 Å². The Morgan fingerprint density at radius 3 is 3.00 bits per heavy atom. The largest absolute Gasteiger partial charge is 0.386 e. The van der Waals surface area contributed by atoms with Gasteiger partial charge in [-0.1, -0.05) is 24.3 Å². The van der Waals surface area contributed by atoms with Gasteiger partial charge >= 0.3 is 0 Å². The number of aryl methyl sites for hydroxylation is 1. The van der Waals surface area contributed by atoms with Gasteiger partial charge in [-0.05, 0) is 24.0 Å². The first-order chi connectivity index (χ1) is 7.72. The van der Waals surface area contributed by atoms with E-state index >= 15 is 0 Å². The van der Waals surface area contributed by atoms with Gasteiger partial charge in [-0.15, -0.1) is 11.6 Å². The molecule has 0 fully saturated rings. The highest BCUT2D eigenvalue weighted by atomic mass is 35.5. The molecule has 0 bridgehead atoms. The van der Waals surface area contributed by atoms with Crippen LogP contribution in [0.5, 0.6) is 0 Å². The zero-order valence-corrected chi connectivity index (χ0v) is 9.57. The Morgan fingerprint density at radius 2 is 2.25 bits per heavy atom. The highest BCUT2D eigenvalue weighted by molar-refractivity contribution is 6.27. The van der Waals surface area contributed by atoms with Gasteiger partial charge in [0, 0.05) is 0 Å². The first-order valence-corrected chi connectivity index (χ1v) is 5.87. The molecule has 0 aliphatic heterocycles. The van der Waals surface area contributed by atoms with Crippen LogP contribution < -0.4 is 5.32 Å². The molecule has 2 rings (SSSR count). The lowest BCUT2D eigenvalue weighted by Crippen LogP contribution is -2.42. The molecule has 3 nitrogen and oxygen atoms in total. The third-order valence-electron chi connectivity index (χ3n) is 2.95. The minimum Gasteiger partial charge on any atom is -0.386 e. The summed E-state index contributed by atoms with van der Waals surface area (Å²) < 4.78 is 0. The van der Waals surface area contributed by atoms with Crippen LogP contribution in [0.4, 0.5) is 0 Å². The van der Waals surface area contributed by atoms with Crippen LogP contribution in [0, 0.1) is 0 Å². The monoisotopic (exact) mass is 239 g/mol. The number of nitrogens with one attached hydrogen (secondary N) is 1. The quantitative estimate of drug-likeness (QED) is 0.767. The molecule has 0 aromatic heterocycles. The van der Waals surface area contributed by atoms with Crippen molar-refractivity contribution < 1.29 is 9.90 Å². The number of halogens is 1. The zero-order chi connectivity index (χ0) is 11.5. The molecule has 0 heterocycles. The smallest absolute Gasteiger partial charge is 0.235 e. The lowest BCUT2D eigenvalue weighted by Gasteiger charge is -2.30. The number of carbonyl (C=O) groups is 1. The third-order valence-corrected chi connectivity index (χ3v) is 3.19. The Kier molecular flexibility index (Phi) is 3.46. The zero-order valence-electron chi connectivity index (χ0n) is 8.82. The number of aliphatic hydroxyl groups is 1. The van der Waals surface area contributed by atoms with Crippen molar-refractivity contribution in [3.8, 4) is 0 Å². The van der Waals surface area contributed by atoms with Gasteiger partial charge in [0.1, 0.15) is 5.88 Å². The van der Waals surface area contributed by atoms with Crippen molar-refractivity contribution in [2.24, 2.45) is 0 Å². The molecule has 1 aromatic rings. The predicted molar refractivity (Wildman–Crippen MR) is 62.4 cm³/mol. The fourth-order valence-corrected chi connectivity index (χ4v) is 2.21. The second-order valence-corrected chi connectivity index (χ2v) is 4.26. The summed E-state index contributed by atoms with van der Waals surface area (Å²) in [7, 11) is 0. The van der Waals surface area contributed by atoms with Crippen molar-refractivity contribution in [2.45, 2.75) is 25.0 Å². The van der Waals surface area contributed by atoms with E-state index in [1.165, 1.54) is 0 Å². The Labute approximate surface area is 99.4 Å². The summed E-state index contributed by atoms with van der Waals surface area (Å²) >= 11 is 5.43. The molecular formula is C12H14ClNO2. The number of hydrogen-bond acceptors (Lipinski definition) is 2. The molecule has 16 heavy (non-hydrogen) atoms. The Bertz CT molecular complexity index is 394. The van der Waals surface area contributed by atoms with Gasteiger partial charge in [-0.25, -0.2) is 0 Å². The van der Waals surface area contributed by atoms with Crippen LogP contribution in [0.3, 0.4) is 0 Å². The van der Waals surface area contributed by atoms with Crippen molar-refractivity contribution >= 4 is 17.5 Å². The number of benzene rings is 1. The summed E-state index contributed by atoms with van der Waals surface area (Å²) in [6.45, 7) is 0. The van der Waals surface area contributed by atoms with Crippen LogP contribution in [0.15, 0.2) is 24.3 Å². The van der Waals surface area contributed by atoms with Gasteiger partial charge in [-0.2, -0.15) is 0 Å². The second-order valence-electron chi connectivity index (χ2n) is 3.99. The third kappa shape index (κ3) is 2.20. The number of alkyl halides is 1. The summed E-state index contributed by atoms with van der Waals surface area (Å²) in [5.74, 6) is -0.296. The lowest BCUT2D eigenvalue weighted by atomic mass is 9.86. The van der Waals surface area contributed by atoms with E-state index in [0.717, 1.165) is 24.0 Å². The summed E-state index contributed by atoms with van der Waals surface area (Å²) in [6, 6.07) is 7.55. The van der Waals surface area contributed by atoms with Gasteiger partial charge in [0.05, 0.1) is 12.1 Å². The van der Waals surface area contributed by atoms with E-state index in [1.54, 1.807) is 0 Å². The number of fused-ring (bicyclic) bond motifs is 1. The summed E-state index contributed by atoms with van der Waals surface area (Å²) in [5.41, 5.74) is 2.07. The van der Waals surface area contributed by atoms with Gasteiger partial charge < -0.3 is 10.4 Å². The number of aliphatic hydroxyl groups excluding tert-OH is 1. The van der Waals surface area contributed by atoms with E-state index in [2.05, 4.69) is 5.32 Å². The highest BCUT2D eigenvalue weighted by Gasteiger charge is 2.28. The number of rotatable bonds is 2. The summed E-state index contributed by atoms with van der Waals surface area (Å²) in [5, 5.41) is 12.8. The van der Waals surface area contributed by atoms with E-state index in [1.807, 2.05) is 24.3 Å². The Balaban J connectivity index is 2.15. The molecule has 2 N–H and O–H groups in total. The van der Waals surface area contributed by atoms with Gasteiger partial charge in [0.25, 0.3) is 0 Å². The number of carbonyl (C=O) groups excluding carboxylic acids is 1. The maximum absolute atomic E-state index is 11.2. The molecule has 0 spiro atoms. The van der Waals surface area contributed by atoms with Crippen molar-refractivity contribution in [1.82, 2.24) is 5.32 Å². The van der Waals surface area contributed by atoms with Crippen molar-refractivity contribution in [1.29, 1.82) is 0 Å². The molecule has 1 aromatic carbocycles. The normalized spacial score (nSPS) is 23.6. The Hall–Kier alpha value is -1.06. The van der Waals surface area contributed by atoms with Crippen LogP contribution in [0.25, 0.3) is 0 Å². The average molecular weight is 240 g/mol. The molecule has 1 aliphatic carbocycles. The number of hydrogen-bond donors (Lipinski definition) is 2. The first kappa shape index (κ1) is 11.4. The molecule has 1 amide bonds. The van der Waals surface area contributed by atoms with E-state index < -0.39 is 6.10 Å². The summed E-state index contributed by atoms with van der Waals surface area (Å²) in [4.78, 5) is 11.2. The molecule has 4 heteroatoms. The first-order valence-electron chi connectivity index (χ1n) is 5.33. The minimum absolute atomic E-state index is 0.0646. The number of amides is 1. The van der Waals surface area contributed by atoms with Crippen LogP contribution in [-0.2, 0) is 11.2 Å². The minimum atomic E-state index is -0.628. The van der Waals surface area contributed by atoms with E-state index in [-0.39, 0.29) is 17.8 Å². The van der Waals surface area contributed by atoms with Crippen molar-refractivity contribution in [3.63, 3.8) is 0 Å². The van der Waals surface area contributed by atoms with Crippen molar-refractivity contribution in [2.75, 3.05) is 5.88 Å². The molecular weight excluding hydrogens is 226 g/mol. The average Bonchev–Trinajstić information content (AvgIpc) is 2.33. The van der Waals surface area contributed by atoms with Crippen LogP contribution >= 0.6 is 11.6 Å². The maximum Gasteiger partial charge on any atom is 0.235 e. The predicted octanol–water partition coefficient (Wildman–Crippen LogP) is 1.39. The standard InChI is InChI=1S/C12H14ClNO2/c13-7-11(15)14-10-6-5-8-3-1-2-4-9(8)12(10)16/h1-4,10,12,16H,5-7H2,(H,14,15). The summed E-state index contributed by atoms with van der Waals surface area (Å²) in [6.07, 6.45) is 0.999. The Morgan fingerprint density at radius 1 is 1.50 bits per heavy atom. The molecule has 1 aliphatic rings. The molecule has 0 radical (unpaired) electrons. The van der Waals surface area contributed by atoms with Gasteiger partial charge in [0.15, 0.2) is 0 Å². The molecule has 2 unspecified atom stereocenters. The molecule has 86 valence electrons. The molecule has 2 atom stereocenters. The topological polar surface area (TPSA) is 49.3 Å². The fourth-order valence-electron chi connectivity index (χ4n) is 2.13. The highest BCUT2D eigenvalue weighted by Crippen LogP contribution is 2.29. The van der Waals surface area contributed by atoms with Crippen LogP contribution in [0.1, 0.15) is 23.7 Å².